The highest BCUT2D eigenvalue weighted by Gasteiger charge is 2.56. The van der Waals surface area contributed by atoms with Crippen LogP contribution in [-0.4, -0.2) is 59.6 Å². The molecule has 3 saturated carbocycles. The van der Waals surface area contributed by atoms with Crippen molar-refractivity contribution in [2.45, 2.75) is 96.2 Å². The number of carbonyl (C=O) groups excluding carboxylic acids is 4. The highest BCUT2D eigenvalue weighted by Crippen LogP contribution is 2.53. The van der Waals surface area contributed by atoms with Crippen molar-refractivity contribution in [3.63, 3.8) is 0 Å². The number of ketones is 1. The van der Waals surface area contributed by atoms with Gasteiger partial charge in [0.15, 0.2) is 0 Å². The van der Waals surface area contributed by atoms with E-state index in [0.29, 0.717) is 18.9 Å². The molecule has 1 saturated heterocycles. The number of hydrogen-bond acceptors (Lipinski definition) is 5. The Morgan fingerprint density at radius 2 is 1.78 bits per heavy atom. The maximum absolute atomic E-state index is 13.8. The summed E-state index contributed by atoms with van der Waals surface area (Å²) in [6.07, 6.45) is 11.1. The van der Waals surface area contributed by atoms with Gasteiger partial charge in [-0.2, -0.15) is 0 Å². The second-order valence-electron chi connectivity index (χ2n) is 12.3. The summed E-state index contributed by atoms with van der Waals surface area (Å²) in [7, 11) is 0. The molecule has 0 aromatic carbocycles. The van der Waals surface area contributed by atoms with Crippen molar-refractivity contribution in [3.8, 4) is 0 Å². The molecule has 5 atom stereocenters. The fourth-order valence-electron chi connectivity index (χ4n) is 6.86. The van der Waals surface area contributed by atoms with Gasteiger partial charge < -0.3 is 21.3 Å². The summed E-state index contributed by atoms with van der Waals surface area (Å²) in [4.78, 5) is 54.6. The molecule has 4 N–H and O–H groups in total. The number of fused-ring (bicyclic) bond motifs is 1. The summed E-state index contributed by atoms with van der Waals surface area (Å²) in [6, 6.07) is -2.13. The maximum atomic E-state index is 13.8. The average molecular weight is 501 g/mol. The number of nitrogens with one attached hydrogen (secondary N) is 2. The van der Waals surface area contributed by atoms with Crippen molar-refractivity contribution in [2.24, 2.45) is 34.8 Å². The molecule has 1 heterocycles. The Labute approximate surface area is 215 Å². The maximum Gasteiger partial charge on any atom is 0.289 e. The van der Waals surface area contributed by atoms with Gasteiger partial charge in [-0.25, -0.2) is 0 Å². The van der Waals surface area contributed by atoms with Gasteiger partial charge in [0, 0.05) is 13.1 Å². The van der Waals surface area contributed by atoms with E-state index in [0.717, 1.165) is 51.4 Å². The van der Waals surface area contributed by atoms with Crippen molar-refractivity contribution >= 4 is 23.5 Å². The Hall–Kier alpha value is -2.22. The molecule has 8 nitrogen and oxygen atoms in total. The van der Waals surface area contributed by atoms with Gasteiger partial charge >= 0.3 is 0 Å². The van der Waals surface area contributed by atoms with Crippen LogP contribution in [-0.2, 0) is 19.2 Å². The molecule has 0 spiro atoms. The number of nitrogens with zero attached hydrogens (tertiary/aromatic N) is 1. The molecule has 8 heteroatoms. The normalized spacial score (nSPS) is 29.2. The van der Waals surface area contributed by atoms with E-state index in [4.69, 9.17) is 5.73 Å². The van der Waals surface area contributed by atoms with Crippen LogP contribution in [0.3, 0.4) is 0 Å². The van der Waals surface area contributed by atoms with Gasteiger partial charge in [-0.05, 0) is 61.2 Å². The molecular weight excluding hydrogens is 456 g/mol. The van der Waals surface area contributed by atoms with Crippen LogP contribution in [0.25, 0.3) is 0 Å². The molecule has 1 aliphatic heterocycles. The van der Waals surface area contributed by atoms with Crippen molar-refractivity contribution < 1.29 is 19.2 Å². The minimum absolute atomic E-state index is 0.0287. The minimum atomic E-state index is -0.882. The number of likely N-dealkylation sites (tertiary alicyclic amines) is 1. The first-order valence-electron chi connectivity index (χ1n) is 13.9. The number of nitrogens with two attached hydrogens (primary N) is 1. The lowest BCUT2D eigenvalue weighted by Gasteiger charge is -2.34. The fourth-order valence-corrected chi connectivity index (χ4v) is 6.86. The third-order valence-corrected chi connectivity index (χ3v) is 9.30. The van der Waals surface area contributed by atoms with Crippen LogP contribution in [0.2, 0.25) is 0 Å². The predicted octanol–water partition coefficient (Wildman–Crippen LogP) is 2.31. The van der Waals surface area contributed by atoms with Crippen molar-refractivity contribution in [2.75, 3.05) is 13.1 Å². The summed E-state index contributed by atoms with van der Waals surface area (Å²) in [5.41, 5.74) is 6.55. The van der Waals surface area contributed by atoms with E-state index in [1.807, 2.05) is 0 Å². The molecule has 0 radical (unpaired) electrons. The molecule has 36 heavy (non-hydrogen) atoms. The predicted molar refractivity (Wildman–Crippen MR) is 138 cm³/mol. The summed E-state index contributed by atoms with van der Waals surface area (Å²) < 4.78 is 0. The van der Waals surface area contributed by atoms with Crippen LogP contribution in [0.5, 0.6) is 0 Å². The first kappa shape index (κ1) is 26.8. The van der Waals surface area contributed by atoms with Crippen molar-refractivity contribution in [3.05, 3.63) is 12.7 Å². The number of Topliss-reactive ketones (excluding diaryl/α,β-unsaturated/α-hetero) is 1. The Morgan fingerprint density at radius 1 is 1.08 bits per heavy atom. The number of amides is 3. The lowest BCUT2D eigenvalue weighted by Crippen LogP contribution is -2.57. The van der Waals surface area contributed by atoms with Crippen LogP contribution in [0.15, 0.2) is 12.7 Å². The number of hydrogen-bond donors (Lipinski definition) is 3. The van der Waals surface area contributed by atoms with Crippen LogP contribution in [0, 0.1) is 29.1 Å². The Balaban J connectivity index is 1.53. The number of rotatable bonds is 10. The molecule has 3 aliphatic carbocycles. The number of carbonyl (C=O) groups is 4. The van der Waals surface area contributed by atoms with Gasteiger partial charge in [-0.15, -0.1) is 6.58 Å². The smallest absolute Gasteiger partial charge is 0.289 e. The standard InChI is InChI=1S/C28H44N4O4/c1-4-14-30-26(35)24(33)21(15-17-10-11-17)31-25(34)23-19-12-13-28(2,3)20(19)16-32(23)27(36)22(29)18-8-6-5-7-9-18/h4,17-23H,1,5-16,29H2,2-3H3,(H,30,35)(H,31,34)/t19-,20-,21?,22-,23-/m0/s1. The van der Waals surface area contributed by atoms with Crippen molar-refractivity contribution in [1.29, 1.82) is 0 Å². The first-order valence-corrected chi connectivity index (χ1v) is 13.9. The lowest BCUT2D eigenvalue weighted by molar-refractivity contribution is -0.144. The molecule has 4 fully saturated rings. The zero-order valence-electron chi connectivity index (χ0n) is 22.0. The summed E-state index contributed by atoms with van der Waals surface area (Å²) in [5.74, 6) is -1.06. The van der Waals surface area contributed by atoms with E-state index in [1.54, 1.807) is 4.90 Å². The van der Waals surface area contributed by atoms with Crippen LogP contribution in [0.1, 0.15) is 78.1 Å². The summed E-state index contributed by atoms with van der Waals surface area (Å²) >= 11 is 0. The van der Waals surface area contributed by atoms with Crippen LogP contribution < -0.4 is 16.4 Å². The van der Waals surface area contributed by atoms with E-state index < -0.39 is 29.8 Å². The second kappa shape index (κ2) is 11.0. The monoisotopic (exact) mass is 500 g/mol. The van der Waals surface area contributed by atoms with E-state index in [1.165, 1.54) is 12.5 Å². The van der Waals surface area contributed by atoms with E-state index in [9.17, 15) is 19.2 Å². The topological polar surface area (TPSA) is 122 Å². The quantitative estimate of drug-likeness (QED) is 0.314. The third kappa shape index (κ3) is 5.68. The SMILES string of the molecule is C=CCNC(=O)C(=O)C(CC1CC1)NC(=O)[C@@H]1[C@H]2CCC(C)(C)[C@H]2CN1C(=O)[C@@H](N)C1CCCCC1. The zero-order chi connectivity index (χ0) is 26.0. The molecule has 0 aromatic heterocycles. The van der Waals surface area contributed by atoms with Gasteiger partial charge in [0.05, 0.1) is 12.1 Å². The van der Waals surface area contributed by atoms with Gasteiger partial charge in [-0.1, -0.05) is 52.0 Å². The Bertz CT molecular complexity index is 877. The average Bonchev–Trinajstić information content (AvgIpc) is 3.52. The highest BCUT2D eigenvalue weighted by molar-refractivity contribution is 6.38. The fraction of sp³-hybridized carbons (Fsp3) is 0.786. The van der Waals surface area contributed by atoms with Gasteiger partial charge in [0.2, 0.25) is 17.6 Å². The minimum Gasteiger partial charge on any atom is -0.346 e. The molecule has 4 rings (SSSR count). The summed E-state index contributed by atoms with van der Waals surface area (Å²) in [5, 5.41) is 5.46. The van der Waals surface area contributed by atoms with Crippen molar-refractivity contribution in [1.82, 2.24) is 15.5 Å². The molecule has 0 bridgehead atoms. The van der Waals surface area contributed by atoms with Gasteiger partial charge in [0.25, 0.3) is 5.91 Å². The molecular formula is C28H44N4O4. The lowest BCUT2D eigenvalue weighted by atomic mass is 9.79. The van der Waals surface area contributed by atoms with Gasteiger partial charge in [-0.3, -0.25) is 19.2 Å². The summed E-state index contributed by atoms with van der Waals surface area (Å²) in [6.45, 7) is 8.71. The largest absolute Gasteiger partial charge is 0.346 e. The molecule has 1 unspecified atom stereocenters. The zero-order valence-corrected chi connectivity index (χ0v) is 22.0. The molecule has 3 amide bonds. The molecule has 200 valence electrons. The Morgan fingerprint density at radius 3 is 2.42 bits per heavy atom. The van der Waals surface area contributed by atoms with E-state index in [-0.39, 0.29) is 41.5 Å². The molecule has 4 aliphatic rings. The Kier molecular flexibility index (Phi) is 8.22. The first-order chi connectivity index (χ1) is 17.1. The third-order valence-electron chi connectivity index (χ3n) is 9.30. The van der Waals surface area contributed by atoms with E-state index in [2.05, 4.69) is 31.1 Å². The van der Waals surface area contributed by atoms with Crippen LogP contribution >= 0.6 is 0 Å². The van der Waals surface area contributed by atoms with Crippen LogP contribution in [0.4, 0.5) is 0 Å². The van der Waals surface area contributed by atoms with Gasteiger partial charge in [0.1, 0.15) is 6.04 Å². The molecule has 0 aromatic rings. The second-order valence-corrected chi connectivity index (χ2v) is 12.3. The van der Waals surface area contributed by atoms with E-state index >= 15 is 0 Å². The highest BCUT2D eigenvalue weighted by atomic mass is 16.2.